The molecule has 1 aliphatic heterocycles. The minimum atomic E-state index is 0.572. The molecule has 0 unspecified atom stereocenters. The van der Waals surface area contributed by atoms with E-state index in [4.69, 9.17) is 4.74 Å². The fraction of sp³-hybridized carbons (Fsp3) is 0.750. The maximum Gasteiger partial charge on any atom is 0.151 e. The molecule has 1 aliphatic rings. The van der Waals surface area contributed by atoms with Gasteiger partial charge in [-0.05, 0) is 6.42 Å². The molecule has 0 aliphatic carbocycles. The van der Waals surface area contributed by atoms with E-state index in [9.17, 15) is 0 Å². The first-order valence-electron chi connectivity index (χ1n) is 4.12. The van der Waals surface area contributed by atoms with E-state index in [-0.39, 0.29) is 0 Å². The molecule has 1 rings (SSSR count). The number of nitrogens with one attached hydrogen (secondary N) is 1. The number of unbranched alkanes of at least 4 members (excludes halogenated alkanes) is 1. The topological polar surface area (TPSA) is 24.5 Å². The molecule has 3 nitrogen and oxygen atoms in total. The van der Waals surface area contributed by atoms with E-state index in [2.05, 4.69) is 23.9 Å². The molecule has 3 heteroatoms. The van der Waals surface area contributed by atoms with Gasteiger partial charge in [0.15, 0.2) is 6.73 Å². The number of rotatable bonds is 3. The van der Waals surface area contributed by atoms with E-state index in [0.717, 1.165) is 18.8 Å². The van der Waals surface area contributed by atoms with Crippen LogP contribution in [0.1, 0.15) is 19.8 Å². The highest BCUT2D eigenvalue weighted by atomic mass is 16.5. The first-order chi connectivity index (χ1) is 5.33. The molecular weight excluding hydrogens is 140 g/mol. The molecule has 0 saturated carbocycles. The van der Waals surface area contributed by atoms with Gasteiger partial charge in [-0.25, -0.2) is 10.4 Å². The minimum Gasteiger partial charge on any atom is -0.481 e. The lowest BCUT2D eigenvalue weighted by Gasteiger charge is -2.29. The van der Waals surface area contributed by atoms with Crippen LogP contribution in [0.25, 0.3) is 0 Å². The highest BCUT2D eigenvalue weighted by molar-refractivity contribution is 4.87. The van der Waals surface area contributed by atoms with Gasteiger partial charge in [0, 0.05) is 6.54 Å². The van der Waals surface area contributed by atoms with Crippen LogP contribution in [0.4, 0.5) is 0 Å². The molecular formula is C8H16N2O. The Morgan fingerprint density at radius 1 is 1.73 bits per heavy atom. The summed E-state index contributed by atoms with van der Waals surface area (Å²) in [6.07, 6.45) is 2.45. The molecule has 11 heavy (non-hydrogen) atoms. The Morgan fingerprint density at radius 2 is 2.55 bits per heavy atom. The van der Waals surface area contributed by atoms with Crippen molar-refractivity contribution in [3.05, 3.63) is 12.3 Å². The first-order valence-corrected chi connectivity index (χ1v) is 4.12. The molecule has 1 heterocycles. The third kappa shape index (κ3) is 2.91. The van der Waals surface area contributed by atoms with E-state index in [1.807, 2.05) is 0 Å². The van der Waals surface area contributed by atoms with Crippen LogP contribution < -0.4 is 5.43 Å². The summed E-state index contributed by atoms with van der Waals surface area (Å²) in [5.41, 5.74) is 3.13. The number of hydrogen-bond donors (Lipinski definition) is 1. The van der Waals surface area contributed by atoms with Crippen molar-refractivity contribution >= 4 is 0 Å². The Balaban J connectivity index is 2.17. The van der Waals surface area contributed by atoms with Crippen LogP contribution in [-0.4, -0.2) is 24.8 Å². The van der Waals surface area contributed by atoms with Crippen molar-refractivity contribution in [3.63, 3.8) is 0 Å². The van der Waals surface area contributed by atoms with Crippen molar-refractivity contribution in [2.24, 2.45) is 0 Å². The maximum atomic E-state index is 5.14. The highest BCUT2D eigenvalue weighted by Crippen LogP contribution is 2.02. The van der Waals surface area contributed by atoms with Gasteiger partial charge in [-0.15, -0.1) is 0 Å². The summed E-state index contributed by atoms with van der Waals surface area (Å²) in [5.74, 6) is 0.861. The van der Waals surface area contributed by atoms with Gasteiger partial charge in [-0.3, -0.25) is 0 Å². The van der Waals surface area contributed by atoms with E-state index < -0.39 is 0 Å². The average Bonchev–Trinajstić information content (AvgIpc) is 2.01. The molecule has 0 aromatic rings. The quantitative estimate of drug-likeness (QED) is 0.662. The highest BCUT2D eigenvalue weighted by Gasteiger charge is 2.11. The number of hydrazine groups is 1. The summed E-state index contributed by atoms with van der Waals surface area (Å²) >= 11 is 0. The van der Waals surface area contributed by atoms with Crippen LogP contribution in [0.2, 0.25) is 0 Å². The van der Waals surface area contributed by atoms with Crippen LogP contribution in [-0.2, 0) is 4.74 Å². The molecule has 0 spiro atoms. The molecule has 64 valence electrons. The van der Waals surface area contributed by atoms with Gasteiger partial charge in [-0.1, -0.05) is 19.9 Å². The Bertz CT molecular complexity index is 136. The van der Waals surface area contributed by atoms with E-state index in [0.29, 0.717) is 6.73 Å². The molecule has 0 radical (unpaired) electrons. The normalized spacial score (nSPS) is 19.9. The molecule has 0 aromatic heterocycles. The van der Waals surface area contributed by atoms with Gasteiger partial charge in [-0.2, -0.15) is 0 Å². The minimum absolute atomic E-state index is 0.572. The average molecular weight is 156 g/mol. The second-order valence-electron chi connectivity index (χ2n) is 2.76. The zero-order valence-electron chi connectivity index (χ0n) is 7.10. The van der Waals surface area contributed by atoms with Crippen LogP contribution in [0.15, 0.2) is 12.3 Å². The van der Waals surface area contributed by atoms with Gasteiger partial charge in [0.25, 0.3) is 0 Å². The summed E-state index contributed by atoms with van der Waals surface area (Å²) in [6, 6.07) is 0. The summed E-state index contributed by atoms with van der Waals surface area (Å²) in [5, 5.41) is 2.15. The van der Waals surface area contributed by atoms with Crippen molar-refractivity contribution in [3.8, 4) is 0 Å². The van der Waals surface area contributed by atoms with Crippen molar-refractivity contribution < 1.29 is 4.74 Å². The first kappa shape index (κ1) is 8.56. The SMILES string of the molecule is C=C1CN(CCCC)NCO1. The van der Waals surface area contributed by atoms with Crippen LogP contribution in [0.3, 0.4) is 0 Å². The van der Waals surface area contributed by atoms with E-state index >= 15 is 0 Å². The third-order valence-electron chi connectivity index (χ3n) is 1.71. The Hall–Kier alpha value is -0.540. The second-order valence-corrected chi connectivity index (χ2v) is 2.76. The van der Waals surface area contributed by atoms with Gasteiger partial charge in [0.05, 0.1) is 6.54 Å². The Morgan fingerprint density at radius 3 is 3.18 bits per heavy atom. The van der Waals surface area contributed by atoms with Gasteiger partial charge in [0.1, 0.15) is 5.76 Å². The predicted octanol–water partition coefficient (Wildman–Crippen LogP) is 1.09. The molecule has 0 atom stereocenters. The standard InChI is InChI=1S/C8H16N2O/c1-3-4-5-10-6-8(2)11-7-9-10/h9H,2-7H2,1H3. The summed E-state index contributed by atoms with van der Waals surface area (Å²) in [4.78, 5) is 0. The largest absolute Gasteiger partial charge is 0.481 e. The summed E-state index contributed by atoms with van der Waals surface area (Å²) in [6.45, 7) is 8.43. The fourth-order valence-corrected chi connectivity index (χ4v) is 1.05. The smallest absolute Gasteiger partial charge is 0.151 e. The second kappa shape index (κ2) is 4.36. The molecule has 1 fully saturated rings. The van der Waals surface area contributed by atoms with Gasteiger partial charge >= 0.3 is 0 Å². The van der Waals surface area contributed by atoms with Crippen molar-refractivity contribution in [2.75, 3.05) is 19.8 Å². The lowest BCUT2D eigenvalue weighted by molar-refractivity contribution is 0.0280. The number of nitrogens with zero attached hydrogens (tertiary/aromatic N) is 1. The van der Waals surface area contributed by atoms with E-state index in [1.54, 1.807) is 0 Å². The zero-order chi connectivity index (χ0) is 8.10. The van der Waals surface area contributed by atoms with Crippen molar-refractivity contribution in [1.29, 1.82) is 0 Å². The van der Waals surface area contributed by atoms with Crippen LogP contribution in [0, 0.1) is 0 Å². The van der Waals surface area contributed by atoms with Crippen LogP contribution >= 0.6 is 0 Å². The van der Waals surface area contributed by atoms with Crippen molar-refractivity contribution in [1.82, 2.24) is 10.4 Å². The van der Waals surface area contributed by atoms with Gasteiger partial charge in [0.2, 0.25) is 0 Å². The summed E-state index contributed by atoms with van der Waals surface area (Å²) < 4.78 is 5.14. The summed E-state index contributed by atoms with van der Waals surface area (Å²) in [7, 11) is 0. The van der Waals surface area contributed by atoms with Gasteiger partial charge < -0.3 is 4.74 Å². The molecule has 1 N–H and O–H groups in total. The lowest BCUT2D eigenvalue weighted by Crippen LogP contribution is -2.45. The lowest BCUT2D eigenvalue weighted by atomic mass is 10.3. The van der Waals surface area contributed by atoms with E-state index in [1.165, 1.54) is 12.8 Å². The number of ether oxygens (including phenoxy) is 1. The molecule has 0 bridgehead atoms. The predicted molar refractivity (Wildman–Crippen MR) is 44.7 cm³/mol. The molecule has 0 amide bonds. The third-order valence-corrected chi connectivity index (χ3v) is 1.71. The number of hydrogen-bond acceptors (Lipinski definition) is 3. The van der Waals surface area contributed by atoms with Crippen LogP contribution in [0.5, 0.6) is 0 Å². The maximum absolute atomic E-state index is 5.14. The Labute approximate surface area is 68.0 Å². The molecule has 0 aromatic carbocycles. The fourth-order valence-electron chi connectivity index (χ4n) is 1.05. The van der Waals surface area contributed by atoms with Crippen molar-refractivity contribution in [2.45, 2.75) is 19.8 Å². The molecule has 1 saturated heterocycles. The Kier molecular flexibility index (Phi) is 3.39. The zero-order valence-corrected chi connectivity index (χ0v) is 7.10. The monoisotopic (exact) mass is 156 g/mol.